The highest BCUT2D eigenvalue weighted by atomic mass is 16.5. The molecular weight excluding hydrogens is 392 g/mol. The number of esters is 1. The Labute approximate surface area is 195 Å². The van der Waals surface area contributed by atoms with Crippen LogP contribution in [0.3, 0.4) is 0 Å². The van der Waals surface area contributed by atoms with Crippen molar-refractivity contribution in [3.63, 3.8) is 0 Å². The fourth-order valence-electron chi connectivity index (χ4n) is 5.26. The van der Waals surface area contributed by atoms with Crippen molar-refractivity contribution in [2.45, 2.75) is 79.1 Å². The van der Waals surface area contributed by atoms with Crippen LogP contribution in [0.15, 0.2) is 36.4 Å². The zero-order valence-electron chi connectivity index (χ0n) is 21.4. The Morgan fingerprint density at radius 1 is 1.03 bits per heavy atom. The first kappa shape index (κ1) is 24.3. The molecule has 32 heavy (non-hydrogen) atoms. The normalized spacial score (nSPS) is 19.2. The number of methoxy groups -OCH3 is 1. The Bertz CT molecular complexity index is 1020. The second kappa shape index (κ2) is 8.89. The van der Waals surface area contributed by atoms with Gasteiger partial charge in [-0.3, -0.25) is 0 Å². The second-order valence-electron chi connectivity index (χ2n) is 11.1. The summed E-state index contributed by atoms with van der Waals surface area (Å²) in [5.41, 5.74) is 9.09. The van der Waals surface area contributed by atoms with E-state index in [0.717, 1.165) is 12.0 Å². The van der Waals surface area contributed by atoms with E-state index in [0.29, 0.717) is 17.4 Å². The molecule has 0 amide bonds. The van der Waals surface area contributed by atoms with E-state index >= 15 is 0 Å². The van der Waals surface area contributed by atoms with Gasteiger partial charge in [-0.15, -0.1) is 0 Å². The lowest BCUT2D eigenvalue weighted by Gasteiger charge is -2.32. The van der Waals surface area contributed by atoms with Crippen molar-refractivity contribution in [3.8, 4) is 0 Å². The molecule has 2 aromatic carbocycles. The van der Waals surface area contributed by atoms with Crippen molar-refractivity contribution >= 4 is 17.6 Å². The highest BCUT2D eigenvalue weighted by Crippen LogP contribution is 2.54. The molecule has 0 N–H and O–H groups in total. The molecule has 0 radical (unpaired) electrons. The van der Waals surface area contributed by atoms with Crippen LogP contribution in [0.2, 0.25) is 0 Å². The quantitative estimate of drug-likeness (QED) is 0.343. The number of carbonyl (C=O) groups excluding carboxylic acids is 1. The van der Waals surface area contributed by atoms with Crippen molar-refractivity contribution in [1.82, 2.24) is 0 Å². The van der Waals surface area contributed by atoms with E-state index in [1.165, 1.54) is 41.4 Å². The molecule has 0 fully saturated rings. The van der Waals surface area contributed by atoms with E-state index in [1.54, 1.807) is 0 Å². The van der Waals surface area contributed by atoms with Crippen LogP contribution in [-0.2, 0) is 22.0 Å². The minimum Gasteiger partial charge on any atom is -0.465 e. The predicted octanol–water partition coefficient (Wildman–Crippen LogP) is 7.83. The maximum atomic E-state index is 11.8. The molecule has 0 aliphatic heterocycles. The molecule has 0 spiro atoms. The van der Waals surface area contributed by atoms with Gasteiger partial charge in [0.1, 0.15) is 0 Å². The lowest BCUT2D eigenvalue weighted by Crippen LogP contribution is -2.30. The van der Waals surface area contributed by atoms with E-state index in [4.69, 9.17) is 4.74 Å². The smallest absolute Gasteiger partial charge is 0.337 e. The van der Waals surface area contributed by atoms with Crippen LogP contribution in [0, 0.1) is 11.8 Å². The minimum absolute atomic E-state index is 0.145. The van der Waals surface area contributed by atoms with Crippen molar-refractivity contribution in [2.75, 3.05) is 7.11 Å². The van der Waals surface area contributed by atoms with Crippen LogP contribution in [0.4, 0.5) is 0 Å². The molecule has 0 aromatic heterocycles. The molecule has 3 rings (SSSR count). The summed E-state index contributed by atoms with van der Waals surface area (Å²) in [5.74, 6) is 0.953. The molecule has 1 atom stereocenters. The number of allylic oxidation sites excluding steroid dienone is 1. The second-order valence-corrected chi connectivity index (χ2v) is 11.1. The van der Waals surface area contributed by atoms with Gasteiger partial charge in [0.2, 0.25) is 0 Å². The molecule has 2 nitrogen and oxygen atoms in total. The Morgan fingerprint density at radius 3 is 2.12 bits per heavy atom. The lowest BCUT2D eigenvalue weighted by atomic mass is 9.71. The van der Waals surface area contributed by atoms with Crippen LogP contribution >= 0.6 is 0 Å². The standard InChI is InChI=1S/C30H40O2/c1-19(2)10-13-24-17-26-27(30(7,8)21(4)29(26,5)6)18-25(24)20(3)16-22-11-14-23(15-12-22)28(31)32-9/h11-12,14-19,21H,10,13H2,1-9H3. The van der Waals surface area contributed by atoms with Crippen LogP contribution in [-0.4, -0.2) is 13.1 Å². The van der Waals surface area contributed by atoms with Gasteiger partial charge in [0.05, 0.1) is 12.7 Å². The summed E-state index contributed by atoms with van der Waals surface area (Å²) < 4.78 is 4.82. The Balaban J connectivity index is 2.09. The first-order chi connectivity index (χ1) is 14.9. The van der Waals surface area contributed by atoms with E-state index in [2.05, 4.69) is 73.6 Å². The van der Waals surface area contributed by atoms with Crippen LogP contribution in [0.25, 0.3) is 11.6 Å². The number of hydrogen-bond acceptors (Lipinski definition) is 2. The number of rotatable bonds is 6. The van der Waals surface area contributed by atoms with Crippen LogP contribution < -0.4 is 0 Å². The van der Waals surface area contributed by atoms with Gasteiger partial charge in [0, 0.05) is 0 Å². The summed E-state index contributed by atoms with van der Waals surface area (Å²) in [6, 6.07) is 12.6. The van der Waals surface area contributed by atoms with Gasteiger partial charge in [-0.1, -0.05) is 78.8 Å². The number of hydrogen-bond donors (Lipinski definition) is 0. The Morgan fingerprint density at radius 2 is 1.59 bits per heavy atom. The van der Waals surface area contributed by atoms with Gasteiger partial charge in [0.25, 0.3) is 0 Å². The molecule has 1 aliphatic carbocycles. The topological polar surface area (TPSA) is 26.3 Å². The highest BCUT2D eigenvalue weighted by Gasteiger charge is 2.48. The third-order valence-electron chi connectivity index (χ3n) is 7.93. The highest BCUT2D eigenvalue weighted by molar-refractivity contribution is 5.90. The van der Waals surface area contributed by atoms with E-state index in [9.17, 15) is 4.79 Å². The first-order valence-electron chi connectivity index (χ1n) is 11.9. The van der Waals surface area contributed by atoms with Gasteiger partial charge in [-0.25, -0.2) is 4.79 Å². The predicted molar refractivity (Wildman–Crippen MR) is 136 cm³/mol. The van der Waals surface area contributed by atoms with Crippen LogP contribution in [0.5, 0.6) is 0 Å². The number of carbonyl (C=O) groups is 1. The van der Waals surface area contributed by atoms with E-state index in [-0.39, 0.29) is 16.8 Å². The maximum Gasteiger partial charge on any atom is 0.337 e. The van der Waals surface area contributed by atoms with Gasteiger partial charge < -0.3 is 4.74 Å². The Hall–Kier alpha value is -2.35. The van der Waals surface area contributed by atoms with Crippen LogP contribution in [0.1, 0.15) is 100.0 Å². The van der Waals surface area contributed by atoms with Crippen molar-refractivity contribution in [1.29, 1.82) is 0 Å². The number of fused-ring (bicyclic) bond motifs is 1. The molecule has 0 bridgehead atoms. The molecule has 0 saturated heterocycles. The number of ether oxygens (including phenoxy) is 1. The fourth-order valence-corrected chi connectivity index (χ4v) is 5.26. The molecule has 2 aromatic rings. The van der Waals surface area contributed by atoms with Crippen molar-refractivity contribution in [2.24, 2.45) is 11.8 Å². The third kappa shape index (κ3) is 4.42. The summed E-state index contributed by atoms with van der Waals surface area (Å²) in [6.07, 6.45) is 4.52. The molecule has 1 unspecified atom stereocenters. The van der Waals surface area contributed by atoms with Gasteiger partial charge in [-0.05, 0) is 88.0 Å². The van der Waals surface area contributed by atoms with E-state index < -0.39 is 0 Å². The number of aryl methyl sites for hydroxylation is 1. The van der Waals surface area contributed by atoms with E-state index in [1.807, 2.05) is 24.3 Å². The average molecular weight is 433 g/mol. The lowest BCUT2D eigenvalue weighted by molar-refractivity contribution is 0.0600. The average Bonchev–Trinajstić information content (AvgIpc) is 2.88. The zero-order valence-corrected chi connectivity index (χ0v) is 21.4. The minimum atomic E-state index is -0.300. The number of benzene rings is 2. The largest absolute Gasteiger partial charge is 0.465 e. The van der Waals surface area contributed by atoms with Crippen molar-refractivity contribution < 1.29 is 9.53 Å². The monoisotopic (exact) mass is 432 g/mol. The molecule has 1 aliphatic rings. The summed E-state index contributed by atoms with van der Waals surface area (Å²) in [5, 5.41) is 0. The fraction of sp³-hybridized carbons (Fsp3) is 0.500. The van der Waals surface area contributed by atoms with Crippen molar-refractivity contribution in [3.05, 3.63) is 69.8 Å². The molecule has 172 valence electrons. The molecule has 0 heterocycles. The summed E-state index contributed by atoms with van der Waals surface area (Å²) in [4.78, 5) is 11.8. The maximum absolute atomic E-state index is 11.8. The van der Waals surface area contributed by atoms with Gasteiger partial charge in [-0.2, -0.15) is 0 Å². The summed E-state index contributed by atoms with van der Waals surface area (Å²) in [7, 11) is 1.41. The molecule has 0 saturated carbocycles. The molecular formula is C30H40O2. The molecule has 2 heteroatoms. The summed E-state index contributed by atoms with van der Waals surface area (Å²) >= 11 is 0. The first-order valence-corrected chi connectivity index (χ1v) is 11.9. The zero-order chi connectivity index (χ0) is 23.8. The Kier molecular flexibility index (Phi) is 6.75. The third-order valence-corrected chi connectivity index (χ3v) is 7.93. The van der Waals surface area contributed by atoms with Gasteiger partial charge >= 0.3 is 5.97 Å². The SMILES string of the molecule is COC(=O)c1ccc(C=C(C)c2cc3c(cc2CCC(C)C)C(C)(C)C(C)C3(C)C)cc1. The summed E-state index contributed by atoms with van der Waals surface area (Å²) in [6.45, 7) is 18.8. The van der Waals surface area contributed by atoms with Gasteiger partial charge in [0.15, 0.2) is 0 Å².